The second-order valence-electron chi connectivity index (χ2n) is 3.58. The number of carboxylic acid groups (broad SMARTS) is 1. The molecule has 0 fully saturated rings. The number of rotatable bonds is 3. The fraction of sp³-hybridized carbons (Fsp3) is 0.182. The van der Waals surface area contributed by atoms with E-state index in [4.69, 9.17) is 15.3 Å². The van der Waals surface area contributed by atoms with E-state index in [0.717, 1.165) is 11.1 Å². The quantitative estimate of drug-likeness (QED) is 0.823. The number of aliphatic carboxylic acids is 1. The Balaban J connectivity index is 2.37. The molecule has 2 rings (SSSR count). The smallest absolute Gasteiger partial charge is 0.330 e. The Morgan fingerprint density at radius 1 is 1.41 bits per heavy atom. The summed E-state index contributed by atoms with van der Waals surface area (Å²) in [6.45, 7) is 1.90. The van der Waals surface area contributed by atoms with Crippen LogP contribution in [0.25, 0.3) is 11.5 Å². The van der Waals surface area contributed by atoms with Crippen LogP contribution in [-0.4, -0.2) is 21.3 Å². The standard InChI is InChI=1S/C11H11N3O3/c1-6-4-2-3-5-7(6)9-13-14-10(17-9)8(12)11(15)16/h2-5,8H,12H2,1H3,(H,15,16). The highest BCUT2D eigenvalue weighted by atomic mass is 16.4. The first-order chi connectivity index (χ1) is 8.09. The fourth-order valence-electron chi connectivity index (χ4n) is 1.39. The van der Waals surface area contributed by atoms with Crippen LogP contribution < -0.4 is 5.73 Å². The first-order valence-corrected chi connectivity index (χ1v) is 4.97. The summed E-state index contributed by atoms with van der Waals surface area (Å²) in [6, 6.07) is 6.15. The lowest BCUT2D eigenvalue weighted by atomic mass is 10.1. The maximum atomic E-state index is 10.7. The summed E-state index contributed by atoms with van der Waals surface area (Å²) >= 11 is 0. The predicted octanol–water partition coefficient (Wildman–Crippen LogP) is 1.13. The highest BCUT2D eigenvalue weighted by Crippen LogP contribution is 2.22. The van der Waals surface area contributed by atoms with Gasteiger partial charge in [-0.05, 0) is 18.6 Å². The van der Waals surface area contributed by atoms with E-state index in [1.54, 1.807) is 0 Å². The summed E-state index contributed by atoms with van der Waals surface area (Å²) in [5.41, 5.74) is 7.10. The van der Waals surface area contributed by atoms with Crippen molar-refractivity contribution in [2.45, 2.75) is 13.0 Å². The average molecular weight is 233 g/mol. The van der Waals surface area contributed by atoms with Gasteiger partial charge in [0.25, 0.3) is 0 Å². The Labute approximate surface area is 97.1 Å². The third-order valence-corrected chi connectivity index (χ3v) is 2.35. The Bertz CT molecular complexity index is 550. The summed E-state index contributed by atoms with van der Waals surface area (Å²) in [5.74, 6) is -1.03. The maximum absolute atomic E-state index is 10.7. The highest BCUT2D eigenvalue weighted by molar-refractivity contribution is 5.73. The van der Waals surface area contributed by atoms with Gasteiger partial charge in [0, 0.05) is 5.56 Å². The molecule has 1 unspecified atom stereocenters. The van der Waals surface area contributed by atoms with Crippen molar-refractivity contribution in [1.29, 1.82) is 0 Å². The number of hydrogen-bond donors (Lipinski definition) is 2. The van der Waals surface area contributed by atoms with Crippen molar-refractivity contribution in [3.05, 3.63) is 35.7 Å². The van der Waals surface area contributed by atoms with Gasteiger partial charge in [-0.3, -0.25) is 0 Å². The SMILES string of the molecule is Cc1ccccc1-c1nnc(C(N)C(=O)O)o1. The van der Waals surface area contributed by atoms with Crippen LogP contribution in [0.15, 0.2) is 28.7 Å². The van der Waals surface area contributed by atoms with Crippen molar-refractivity contribution in [3.8, 4) is 11.5 Å². The zero-order valence-electron chi connectivity index (χ0n) is 9.12. The van der Waals surface area contributed by atoms with Crippen LogP contribution in [-0.2, 0) is 4.79 Å². The molecule has 3 N–H and O–H groups in total. The molecule has 88 valence electrons. The summed E-state index contributed by atoms with van der Waals surface area (Å²) in [4.78, 5) is 10.7. The first kappa shape index (κ1) is 11.3. The number of hydrogen-bond acceptors (Lipinski definition) is 5. The lowest BCUT2D eigenvalue weighted by Gasteiger charge is -2.00. The van der Waals surface area contributed by atoms with E-state index in [2.05, 4.69) is 10.2 Å². The number of aryl methyl sites for hydroxylation is 1. The second-order valence-corrected chi connectivity index (χ2v) is 3.58. The van der Waals surface area contributed by atoms with E-state index in [1.165, 1.54) is 0 Å². The van der Waals surface area contributed by atoms with E-state index in [0.29, 0.717) is 0 Å². The van der Waals surface area contributed by atoms with Crippen molar-refractivity contribution in [1.82, 2.24) is 10.2 Å². The molecule has 1 aromatic heterocycles. The monoisotopic (exact) mass is 233 g/mol. The van der Waals surface area contributed by atoms with Crippen molar-refractivity contribution < 1.29 is 14.3 Å². The van der Waals surface area contributed by atoms with Gasteiger partial charge in [-0.2, -0.15) is 0 Å². The molecule has 0 amide bonds. The minimum Gasteiger partial charge on any atom is -0.480 e. The third kappa shape index (κ3) is 2.16. The Kier molecular flexibility index (Phi) is 2.88. The normalized spacial score (nSPS) is 12.4. The molecule has 1 heterocycles. The fourth-order valence-corrected chi connectivity index (χ4v) is 1.39. The molecule has 2 aromatic rings. The molecular formula is C11H11N3O3. The molecule has 17 heavy (non-hydrogen) atoms. The Morgan fingerprint density at radius 2 is 2.12 bits per heavy atom. The largest absolute Gasteiger partial charge is 0.480 e. The average Bonchev–Trinajstić information content (AvgIpc) is 2.77. The Hall–Kier alpha value is -2.21. The number of aromatic nitrogens is 2. The van der Waals surface area contributed by atoms with Gasteiger partial charge in [-0.25, -0.2) is 4.79 Å². The molecule has 6 heteroatoms. The lowest BCUT2D eigenvalue weighted by molar-refractivity contribution is -0.139. The molecule has 0 aliphatic heterocycles. The van der Waals surface area contributed by atoms with Gasteiger partial charge < -0.3 is 15.3 Å². The number of benzene rings is 1. The second kappa shape index (κ2) is 4.34. The molecule has 0 spiro atoms. The van der Waals surface area contributed by atoms with E-state index in [9.17, 15) is 4.79 Å². The Morgan fingerprint density at radius 3 is 2.76 bits per heavy atom. The zero-order chi connectivity index (χ0) is 12.4. The van der Waals surface area contributed by atoms with Crippen molar-refractivity contribution in [2.75, 3.05) is 0 Å². The van der Waals surface area contributed by atoms with Crippen molar-refractivity contribution in [2.24, 2.45) is 5.73 Å². The van der Waals surface area contributed by atoms with Crippen molar-refractivity contribution >= 4 is 5.97 Å². The summed E-state index contributed by atoms with van der Waals surface area (Å²) in [7, 11) is 0. The van der Waals surface area contributed by atoms with Crippen LogP contribution in [0.5, 0.6) is 0 Å². The molecule has 1 atom stereocenters. The molecule has 1 aromatic carbocycles. The van der Waals surface area contributed by atoms with Gasteiger partial charge in [0.05, 0.1) is 0 Å². The molecular weight excluding hydrogens is 222 g/mol. The lowest BCUT2D eigenvalue weighted by Crippen LogP contribution is -2.20. The summed E-state index contributed by atoms with van der Waals surface area (Å²) in [5, 5.41) is 16.1. The van der Waals surface area contributed by atoms with Crippen molar-refractivity contribution in [3.63, 3.8) is 0 Å². The van der Waals surface area contributed by atoms with Crippen LogP contribution in [0.4, 0.5) is 0 Å². The molecule has 0 bridgehead atoms. The number of nitrogens with two attached hydrogens (primary N) is 1. The van der Waals surface area contributed by atoms with Crippen LogP contribution in [0.1, 0.15) is 17.5 Å². The number of nitrogens with zero attached hydrogens (tertiary/aromatic N) is 2. The molecule has 0 aliphatic carbocycles. The van der Waals surface area contributed by atoms with Gasteiger partial charge in [-0.1, -0.05) is 18.2 Å². The van der Waals surface area contributed by atoms with Gasteiger partial charge in [0.15, 0.2) is 6.04 Å². The van der Waals surface area contributed by atoms with E-state index in [1.807, 2.05) is 31.2 Å². The maximum Gasteiger partial charge on any atom is 0.330 e. The first-order valence-electron chi connectivity index (χ1n) is 4.97. The van der Waals surface area contributed by atoms with Gasteiger partial charge in [0.2, 0.25) is 11.8 Å². The van der Waals surface area contributed by atoms with E-state index < -0.39 is 12.0 Å². The zero-order valence-corrected chi connectivity index (χ0v) is 9.12. The van der Waals surface area contributed by atoms with Crippen LogP contribution in [0, 0.1) is 6.92 Å². The van der Waals surface area contributed by atoms with Crippen LogP contribution in [0.2, 0.25) is 0 Å². The highest BCUT2D eigenvalue weighted by Gasteiger charge is 2.22. The molecule has 0 aliphatic rings. The topological polar surface area (TPSA) is 102 Å². The molecule has 6 nitrogen and oxygen atoms in total. The summed E-state index contributed by atoms with van der Waals surface area (Å²) in [6.07, 6.45) is 0. The molecule has 0 radical (unpaired) electrons. The molecule has 0 saturated carbocycles. The van der Waals surface area contributed by atoms with Crippen LogP contribution in [0.3, 0.4) is 0 Å². The third-order valence-electron chi connectivity index (χ3n) is 2.35. The predicted molar refractivity (Wildman–Crippen MR) is 59.0 cm³/mol. The summed E-state index contributed by atoms with van der Waals surface area (Å²) < 4.78 is 5.25. The number of carboxylic acids is 1. The number of carbonyl (C=O) groups is 1. The molecule has 0 saturated heterocycles. The van der Waals surface area contributed by atoms with E-state index >= 15 is 0 Å². The van der Waals surface area contributed by atoms with Gasteiger partial charge >= 0.3 is 5.97 Å². The van der Waals surface area contributed by atoms with Gasteiger partial charge in [-0.15, -0.1) is 10.2 Å². The van der Waals surface area contributed by atoms with Gasteiger partial charge in [0.1, 0.15) is 0 Å². The minimum absolute atomic E-state index is 0.101. The minimum atomic E-state index is -1.29. The van der Waals surface area contributed by atoms with Crippen LogP contribution >= 0.6 is 0 Å². The van der Waals surface area contributed by atoms with E-state index in [-0.39, 0.29) is 11.8 Å².